The Morgan fingerprint density at radius 1 is 1.29 bits per heavy atom. The summed E-state index contributed by atoms with van der Waals surface area (Å²) in [7, 11) is -0.281. The van der Waals surface area contributed by atoms with Crippen LogP contribution in [0.5, 0.6) is 0 Å². The first-order valence-electron chi connectivity index (χ1n) is 6.28. The highest BCUT2D eigenvalue weighted by Crippen LogP contribution is 2.20. The van der Waals surface area contributed by atoms with E-state index >= 15 is 0 Å². The third-order valence-corrected chi connectivity index (χ3v) is 5.28. The van der Waals surface area contributed by atoms with Crippen molar-refractivity contribution in [2.75, 3.05) is 19.4 Å². The van der Waals surface area contributed by atoms with Crippen molar-refractivity contribution < 1.29 is 8.42 Å². The van der Waals surface area contributed by atoms with Crippen LogP contribution in [0.2, 0.25) is 0 Å². The summed E-state index contributed by atoms with van der Waals surface area (Å²) < 4.78 is 27.3. The Morgan fingerprint density at radius 3 is 2.71 bits per heavy atom. The molecule has 0 fully saturated rings. The van der Waals surface area contributed by atoms with Crippen LogP contribution in [0.25, 0.3) is 0 Å². The molecule has 0 aliphatic carbocycles. The summed E-state index contributed by atoms with van der Waals surface area (Å²) >= 11 is 3.38. The van der Waals surface area contributed by atoms with Crippen LogP contribution >= 0.6 is 15.9 Å². The molecular weight excluding hydrogens is 354 g/mol. The van der Waals surface area contributed by atoms with Gasteiger partial charge < -0.3 is 5.32 Å². The van der Waals surface area contributed by atoms with Gasteiger partial charge in [-0.1, -0.05) is 28.1 Å². The van der Waals surface area contributed by atoms with E-state index in [9.17, 15) is 8.42 Å². The fourth-order valence-corrected chi connectivity index (χ4v) is 3.48. The molecule has 0 atom stereocenters. The summed E-state index contributed by atoms with van der Waals surface area (Å²) in [5.74, 6) is 0.520. The minimum Gasteiger partial charge on any atom is -0.373 e. The molecule has 0 saturated carbocycles. The van der Waals surface area contributed by atoms with Crippen molar-refractivity contribution in [3.63, 3.8) is 0 Å². The predicted octanol–water partition coefficient (Wildman–Crippen LogP) is 2.71. The Labute approximate surface area is 133 Å². The first-order chi connectivity index (χ1) is 9.93. The Bertz CT molecular complexity index is 735. The number of aromatic nitrogens is 1. The third kappa shape index (κ3) is 3.81. The summed E-state index contributed by atoms with van der Waals surface area (Å²) in [5.41, 5.74) is 0.915. The van der Waals surface area contributed by atoms with Gasteiger partial charge in [-0.05, 0) is 23.8 Å². The molecule has 112 valence electrons. The molecule has 0 spiro atoms. The van der Waals surface area contributed by atoms with Crippen LogP contribution in [0.4, 0.5) is 5.82 Å². The Kier molecular flexibility index (Phi) is 4.97. The first-order valence-corrected chi connectivity index (χ1v) is 8.51. The van der Waals surface area contributed by atoms with Crippen LogP contribution in [-0.2, 0) is 16.6 Å². The van der Waals surface area contributed by atoms with Crippen LogP contribution in [0.15, 0.2) is 52.0 Å². The van der Waals surface area contributed by atoms with Crippen molar-refractivity contribution in [2.24, 2.45) is 0 Å². The zero-order valence-corrected chi connectivity index (χ0v) is 14.1. The van der Waals surface area contributed by atoms with E-state index in [4.69, 9.17) is 0 Å². The molecule has 1 N–H and O–H groups in total. The van der Waals surface area contributed by atoms with Gasteiger partial charge in [-0.3, -0.25) is 0 Å². The van der Waals surface area contributed by atoms with E-state index in [-0.39, 0.29) is 4.90 Å². The number of nitrogens with one attached hydrogen (secondary N) is 1. The van der Waals surface area contributed by atoms with Crippen LogP contribution in [0.3, 0.4) is 0 Å². The second kappa shape index (κ2) is 6.55. The van der Waals surface area contributed by atoms with Crippen molar-refractivity contribution in [2.45, 2.75) is 11.4 Å². The molecule has 0 bridgehead atoms. The van der Waals surface area contributed by atoms with Gasteiger partial charge in [0.1, 0.15) is 5.82 Å². The average Bonchev–Trinajstić information content (AvgIpc) is 2.47. The highest BCUT2D eigenvalue weighted by molar-refractivity contribution is 9.10. The summed E-state index contributed by atoms with van der Waals surface area (Å²) in [6.45, 7) is 0.305. The van der Waals surface area contributed by atoms with E-state index < -0.39 is 10.0 Å². The van der Waals surface area contributed by atoms with E-state index in [0.29, 0.717) is 12.4 Å². The molecule has 0 radical (unpaired) electrons. The minimum atomic E-state index is -3.54. The predicted molar refractivity (Wildman–Crippen MR) is 86.6 cm³/mol. The maximum atomic E-state index is 12.5. The lowest BCUT2D eigenvalue weighted by atomic mass is 10.2. The number of hydrogen-bond donors (Lipinski definition) is 1. The number of pyridine rings is 1. The number of nitrogens with zero attached hydrogens (tertiary/aromatic N) is 2. The van der Waals surface area contributed by atoms with Crippen molar-refractivity contribution in [1.82, 2.24) is 9.29 Å². The first kappa shape index (κ1) is 15.9. The standard InChI is InChI=1S/C14H16BrN3O2S/c1-16-14-9-13(6-7-17-14)21(19,20)18(2)10-11-4-3-5-12(15)8-11/h3-9H,10H2,1-2H3,(H,16,17). The van der Waals surface area contributed by atoms with E-state index in [0.717, 1.165) is 10.0 Å². The quantitative estimate of drug-likeness (QED) is 0.879. The number of rotatable bonds is 5. The van der Waals surface area contributed by atoms with Crippen molar-refractivity contribution in [3.8, 4) is 0 Å². The molecule has 0 saturated heterocycles. The molecule has 1 aromatic heterocycles. The van der Waals surface area contributed by atoms with Gasteiger partial charge in [-0.2, -0.15) is 4.31 Å². The summed E-state index contributed by atoms with van der Waals surface area (Å²) in [6.07, 6.45) is 1.48. The Hall–Kier alpha value is -1.44. The molecule has 0 unspecified atom stereocenters. The van der Waals surface area contributed by atoms with Crippen LogP contribution in [0.1, 0.15) is 5.56 Å². The molecule has 2 rings (SSSR count). The van der Waals surface area contributed by atoms with Gasteiger partial charge in [0, 0.05) is 37.4 Å². The number of sulfonamides is 1. The lowest BCUT2D eigenvalue weighted by Gasteiger charge is -2.17. The van der Waals surface area contributed by atoms with Crippen molar-refractivity contribution in [1.29, 1.82) is 0 Å². The molecular formula is C14H16BrN3O2S. The molecule has 0 aliphatic rings. The fourth-order valence-electron chi connectivity index (χ4n) is 1.87. The second-order valence-electron chi connectivity index (χ2n) is 4.52. The van der Waals surface area contributed by atoms with Gasteiger partial charge in [0.2, 0.25) is 10.0 Å². The molecule has 0 amide bonds. The Morgan fingerprint density at radius 2 is 2.05 bits per heavy atom. The molecule has 0 aliphatic heterocycles. The van der Waals surface area contributed by atoms with E-state index in [1.165, 1.54) is 22.6 Å². The summed E-state index contributed by atoms with van der Waals surface area (Å²) in [6, 6.07) is 10.6. The topological polar surface area (TPSA) is 62.3 Å². The van der Waals surface area contributed by atoms with Crippen molar-refractivity contribution in [3.05, 3.63) is 52.6 Å². The van der Waals surface area contributed by atoms with Crippen molar-refractivity contribution >= 4 is 31.8 Å². The second-order valence-corrected chi connectivity index (χ2v) is 7.48. The van der Waals surface area contributed by atoms with Gasteiger partial charge in [-0.25, -0.2) is 13.4 Å². The summed E-state index contributed by atoms with van der Waals surface area (Å²) in [4.78, 5) is 4.25. The smallest absolute Gasteiger partial charge is 0.243 e. The highest BCUT2D eigenvalue weighted by atomic mass is 79.9. The van der Waals surface area contributed by atoms with Crippen LogP contribution < -0.4 is 5.32 Å². The summed E-state index contributed by atoms with van der Waals surface area (Å²) in [5, 5.41) is 2.84. The van der Waals surface area contributed by atoms with Crippen LogP contribution in [-0.4, -0.2) is 31.8 Å². The number of anilines is 1. The average molecular weight is 370 g/mol. The maximum absolute atomic E-state index is 12.5. The monoisotopic (exact) mass is 369 g/mol. The highest BCUT2D eigenvalue weighted by Gasteiger charge is 2.21. The SMILES string of the molecule is CNc1cc(S(=O)(=O)N(C)Cc2cccc(Br)c2)ccn1. The lowest BCUT2D eigenvalue weighted by Crippen LogP contribution is -2.26. The molecule has 5 nitrogen and oxygen atoms in total. The number of hydrogen-bond acceptors (Lipinski definition) is 4. The molecule has 7 heteroatoms. The van der Waals surface area contributed by atoms with Gasteiger partial charge in [0.15, 0.2) is 0 Å². The zero-order chi connectivity index (χ0) is 15.5. The van der Waals surface area contributed by atoms with Gasteiger partial charge in [0.25, 0.3) is 0 Å². The van der Waals surface area contributed by atoms with E-state index in [1.807, 2.05) is 24.3 Å². The lowest BCUT2D eigenvalue weighted by molar-refractivity contribution is 0.466. The minimum absolute atomic E-state index is 0.222. The largest absolute Gasteiger partial charge is 0.373 e. The zero-order valence-electron chi connectivity index (χ0n) is 11.7. The molecule has 2 aromatic rings. The number of benzene rings is 1. The number of halogens is 1. The molecule has 21 heavy (non-hydrogen) atoms. The van der Waals surface area contributed by atoms with E-state index in [2.05, 4.69) is 26.2 Å². The van der Waals surface area contributed by atoms with Gasteiger partial charge in [-0.15, -0.1) is 0 Å². The Balaban J connectivity index is 2.26. The fraction of sp³-hybridized carbons (Fsp3) is 0.214. The normalized spacial score (nSPS) is 11.6. The van der Waals surface area contributed by atoms with Gasteiger partial charge >= 0.3 is 0 Å². The molecule has 1 heterocycles. The van der Waals surface area contributed by atoms with Gasteiger partial charge in [0.05, 0.1) is 4.90 Å². The van der Waals surface area contributed by atoms with E-state index in [1.54, 1.807) is 14.1 Å². The molecule has 1 aromatic carbocycles. The maximum Gasteiger partial charge on any atom is 0.243 e. The third-order valence-electron chi connectivity index (χ3n) is 2.99. The van der Waals surface area contributed by atoms with Crippen LogP contribution in [0, 0.1) is 0 Å².